The molecule has 0 saturated carbocycles. The minimum Gasteiger partial charge on any atom is -0.496 e. The highest BCUT2D eigenvalue weighted by Crippen LogP contribution is 2.38. The predicted molar refractivity (Wildman–Crippen MR) is 133 cm³/mol. The number of nitrogens with zero attached hydrogens (tertiary/aromatic N) is 3. The van der Waals surface area contributed by atoms with Gasteiger partial charge in [0.05, 0.1) is 25.4 Å². The molecule has 0 bridgehead atoms. The molecule has 2 aromatic carbocycles. The van der Waals surface area contributed by atoms with Gasteiger partial charge in [-0.3, -0.25) is 9.69 Å². The second-order valence-electron chi connectivity index (χ2n) is 7.55. The van der Waals surface area contributed by atoms with Gasteiger partial charge in [0.15, 0.2) is 5.13 Å². The summed E-state index contributed by atoms with van der Waals surface area (Å²) >= 11 is 1.28. The van der Waals surface area contributed by atoms with E-state index in [1.165, 1.54) is 22.3 Å². The highest BCUT2D eigenvalue weighted by Gasteiger charge is 2.27. The molecule has 0 atom stereocenters. The minimum atomic E-state index is -1.25. The average molecular weight is 481 g/mol. The van der Waals surface area contributed by atoms with E-state index in [0.717, 1.165) is 15.7 Å². The third-order valence-electron chi connectivity index (χ3n) is 5.51. The van der Waals surface area contributed by atoms with Gasteiger partial charge in [-0.25, -0.2) is 14.3 Å². The molecule has 0 spiro atoms. The number of methoxy groups -OCH3 is 2. The quantitative estimate of drug-likeness (QED) is 0.378. The van der Waals surface area contributed by atoms with Gasteiger partial charge in [0.1, 0.15) is 17.2 Å². The van der Waals surface area contributed by atoms with Crippen LogP contribution in [-0.4, -0.2) is 47.4 Å². The number of aromatic nitrogens is 2. The Hall–Kier alpha value is -4.05. The first-order valence-corrected chi connectivity index (χ1v) is 11.3. The topological polar surface area (TPSA) is 120 Å². The van der Waals surface area contributed by atoms with Gasteiger partial charge in [-0.15, -0.1) is 11.3 Å². The summed E-state index contributed by atoms with van der Waals surface area (Å²) in [5, 5.41) is 12.6. The Morgan fingerprint density at radius 1 is 1.15 bits per heavy atom. The standard InChI is InChI=1S/C24H24N4O5S/c1-5-27(22(29)19-10-14-9-15(25)6-7-18(14)28(19)24(30)31)23-26-17(12-34-23)16-11-20(32-3)13(2)8-21(16)33-4/h6-12H,5,25H2,1-4H3,(H,30,31). The molecule has 0 radical (unpaired) electrons. The SMILES string of the molecule is CCN(C(=O)c1cc2cc(N)ccc2n1C(=O)O)c1nc(-c2cc(OC)c(C)cc2OC)cs1. The van der Waals surface area contributed by atoms with E-state index in [9.17, 15) is 14.7 Å². The fraction of sp³-hybridized carbons (Fsp3) is 0.208. The van der Waals surface area contributed by atoms with Crippen LogP contribution in [0.2, 0.25) is 0 Å². The fourth-order valence-electron chi connectivity index (χ4n) is 3.86. The number of anilines is 2. The molecule has 9 nitrogen and oxygen atoms in total. The summed E-state index contributed by atoms with van der Waals surface area (Å²) in [7, 11) is 3.18. The van der Waals surface area contributed by atoms with Crippen LogP contribution in [0.1, 0.15) is 23.0 Å². The van der Waals surface area contributed by atoms with Gasteiger partial charge in [-0.05, 0) is 55.8 Å². The van der Waals surface area contributed by atoms with Crippen molar-refractivity contribution in [2.45, 2.75) is 13.8 Å². The van der Waals surface area contributed by atoms with Gasteiger partial charge in [0.25, 0.3) is 5.91 Å². The molecule has 176 valence electrons. The van der Waals surface area contributed by atoms with E-state index >= 15 is 0 Å². The van der Waals surface area contributed by atoms with Crippen LogP contribution in [0.25, 0.3) is 22.2 Å². The van der Waals surface area contributed by atoms with Crippen molar-refractivity contribution >= 4 is 45.1 Å². The number of aryl methyl sites for hydroxylation is 1. The summed E-state index contributed by atoms with van der Waals surface area (Å²) in [5.74, 6) is 0.848. The van der Waals surface area contributed by atoms with Gasteiger partial charge in [0, 0.05) is 28.6 Å². The van der Waals surface area contributed by atoms with Crippen LogP contribution < -0.4 is 20.1 Å². The third kappa shape index (κ3) is 3.92. The first kappa shape index (κ1) is 23.1. The first-order chi connectivity index (χ1) is 16.3. The fourth-order valence-corrected chi connectivity index (χ4v) is 4.75. The summed E-state index contributed by atoms with van der Waals surface area (Å²) in [6.07, 6.45) is -1.25. The molecule has 2 aromatic heterocycles. The Balaban J connectivity index is 1.77. The molecule has 0 unspecified atom stereocenters. The van der Waals surface area contributed by atoms with E-state index in [-0.39, 0.29) is 5.69 Å². The Bertz CT molecular complexity index is 1410. The molecule has 1 amide bonds. The number of nitrogen functional groups attached to an aromatic ring is 1. The average Bonchev–Trinajstić information content (AvgIpc) is 3.44. The van der Waals surface area contributed by atoms with Crippen molar-refractivity contribution in [2.75, 3.05) is 31.4 Å². The molecule has 0 aliphatic carbocycles. The summed E-state index contributed by atoms with van der Waals surface area (Å²) in [6.45, 7) is 4.02. The Kier molecular flexibility index (Phi) is 6.16. The summed E-state index contributed by atoms with van der Waals surface area (Å²) in [5.41, 5.74) is 8.99. The number of benzene rings is 2. The lowest BCUT2D eigenvalue weighted by atomic mass is 10.1. The Labute approximate surface area is 200 Å². The zero-order chi connectivity index (χ0) is 24.6. The van der Waals surface area contributed by atoms with Crippen molar-refractivity contribution < 1.29 is 24.2 Å². The van der Waals surface area contributed by atoms with Crippen LogP contribution in [0.5, 0.6) is 11.5 Å². The zero-order valence-electron chi connectivity index (χ0n) is 19.2. The predicted octanol–water partition coefficient (Wildman–Crippen LogP) is 4.87. The Morgan fingerprint density at radius 3 is 2.53 bits per heavy atom. The largest absolute Gasteiger partial charge is 0.496 e. The molecule has 10 heteroatoms. The number of hydrogen-bond donors (Lipinski definition) is 2. The smallest absolute Gasteiger partial charge is 0.416 e. The van der Waals surface area contributed by atoms with E-state index in [4.69, 9.17) is 15.2 Å². The van der Waals surface area contributed by atoms with Crippen molar-refractivity contribution in [3.63, 3.8) is 0 Å². The number of ether oxygens (including phenoxy) is 2. The number of fused-ring (bicyclic) bond motifs is 1. The maximum absolute atomic E-state index is 13.5. The molecule has 4 aromatic rings. The molecule has 34 heavy (non-hydrogen) atoms. The molecule has 0 aliphatic rings. The first-order valence-electron chi connectivity index (χ1n) is 10.4. The van der Waals surface area contributed by atoms with E-state index in [2.05, 4.69) is 4.98 Å². The molecular formula is C24H24N4O5S. The van der Waals surface area contributed by atoms with Crippen LogP contribution in [0.15, 0.2) is 41.8 Å². The van der Waals surface area contributed by atoms with Gasteiger partial charge in [-0.1, -0.05) is 0 Å². The number of hydrogen-bond acceptors (Lipinski definition) is 7. The van der Waals surface area contributed by atoms with Crippen LogP contribution >= 0.6 is 11.3 Å². The number of thiazole rings is 1. The molecule has 0 aliphatic heterocycles. The van der Waals surface area contributed by atoms with Crippen molar-refractivity contribution in [1.29, 1.82) is 0 Å². The molecule has 3 N–H and O–H groups in total. The van der Waals surface area contributed by atoms with Crippen molar-refractivity contribution in [1.82, 2.24) is 9.55 Å². The highest BCUT2D eigenvalue weighted by molar-refractivity contribution is 7.14. The lowest BCUT2D eigenvalue weighted by Crippen LogP contribution is -2.33. The molecular weight excluding hydrogens is 456 g/mol. The monoisotopic (exact) mass is 480 g/mol. The maximum atomic E-state index is 13.5. The van der Waals surface area contributed by atoms with Crippen molar-refractivity contribution in [3.8, 4) is 22.8 Å². The van der Waals surface area contributed by atoms with E-state index in [1.807, 2.05) is 24.4 Å². The molecule has 0 fully saturated rings. The van der Waals surface area contributed by atoms with Gasteiger partial charge in [0.2, 0.25) is 0 Å². The highest BCUT2D eigenvalue weighted by atomic mass is 32.1. The van der Waals surface area contributed by atoms with Crippen molar-refractivity contribution in [3.05, 3.63) is 53.0 Å². The van der Waals surface area contributed by atoms with Crippen LogP contribution in [0, 0.1) is 6.92 Å². The number of carboxylic acid groups (broad SMARTS) is 1. The summed E-state index contributed by atoms with van der Waals surface area (Å²) in [6, 6.07) is 10.1. The van der Waals surface area contributed by atoms with E-state index < -0.39 is 12.0 Å². The number of rotatable bonds is 6. The second-order valence-corrected chi connectivity index (χ2v) is 8.39. The lowest BCUT2D eigenvalue weighted by molar-refractivity contribution is 0.0978. The number of carbonyl (C=O) groups excluding carboxylic acids is 1. The van der Waals surface area contributed by atoms with Crippen LogP contribution in [0.3, 0.4) is 0 Å². The van der Waals surface area contributed by atoms with E-state index in [1.54, 1.807) is 39.3 Å². The minimum absolute atomic E-state index is 0.0151. The van der Waals surface area contributed by atoms with Crippen LogP contribution in [-0.2, 0) is 0 Å². The summed E-state index contributed by atoms with van der Waals surface area (Å²) < 4.78 is 11.9. The second kappa shape index (κ2) is 9.06. The van der Waals surface area contributed by atoms with Crippen LogP contribution in [0.4, 0.5) is 15.6 Å². The normalized spacial score (nSPS) is 10.9. The number of nitrogens with two attached hydrogens (primary N) is 1. The summed E-state index contributed by atoms with van der Waals surface area (Å²) in [4.78, 5) is 31.6. The maximum Gasteiger partial charge on any atom is 0.416 e. The van der Waals surface area contributed by atoms with Gasteiger partial charge < -0.3 is 20.3 Å². The Morgan fingerprint density at radius 2 is 1.88 bits per heavy atom. The third-order valence-corrected chi connectivity index (χ3v) is 6.38. The zero-order valence-corrected chi connectivity index (χ0v) is 20.0. The van der Waals surface area contributed by atoms with Crippen molar-refractivity contribution in [2.24, 2.45) is 0 Å². The number of amides is 1. The molecule has 4 rings (SSSR count). The molecule has 2 heterocycles. The molecule has 0 saturated heterocycles. The van der Waals surface area contributed by atoms with Gasteiger partial charge in [-0.2, -0.15) is 0 Å². The number of carbonyl (C=O) groups is 2. The van der Waals surface area contributed by atoms with E-state index in [0.29, 0.717) is 45.5 Å². The lowest BCUT2D eigenvalue weighted by Gasteiger charge is -2.18. The van der Waals surface area contributed by atoms with Gasteiger partial charge >= 0.3 is 6.09 Å².